The van der Waals surface area contributed by atoms with Gasteiger partial charge >= 0.3 is 0 Å². The van der Waals surface area contributed by atoms with Gasteiger partial charge in [0.05, 0.1) is 0 Å². The van der Waals surface area contributed by atoms with Crippen molar-refractivity contribution in [2.24, 2.45) is 0 Å². The van der Waals surface area contributed by atoms with E-state index < -0.39 is 6.10 Å². The number of β-lactam (4-membered cyclic amide) rings is 1. The molecule has 32 heavy (non-hydrogen) atoms. The van der Waals surface area contributed by atoms with Gasteiger partial charge in [-0.3, -0.25) is 4.79 Å². The van der Waals surface area contributed by atoms with Crippen LogP contribution in [0.2, 0.25) is 0 Å². The predicted molar refractivity (Wildman–Crippen MR) is 128 cm³/mol. The van der Waals surface area contributed by atoms with Crippen LogP contribution in [0.3, 0.4) is 0 Å². The van der Waals surface area contributed by atoms with Gasteiger partial charge in [-0.25, -0.2) is 0 Å². The Morgan fingerprint density at radius 3 is 1.84 bits per heavy atom. The van der Waals surface area contributed by atoms with Crippen LogP contribution in [0.5, 0.6) is 5.75 Å². The van der Waals surface area contributed by atoms with Crippen molar-refractivity contribution in [3.8, 4) is 5.75 Å². The van der Waals surface area contributed by atoms with Crippen LogP contribution in [-0.4, -0.2) is 16.9 Å². The molecule has 158 valence electrons. The highest BCUT2D eigenvalue weighted by Crippen LogP contribution is 2.49. The summed E-state index contributed by atoms with van der Waals surface area (Å²) in [6, 6.07) is 40.0. The van der Waals surface area contributed by atoms with Gasteiger partial charge in [0.2, 0.25) is 6.10 Å². The van der Waals surface area contributed by atoms with Crippen molar-refractivity contribution < 1.29 is 9.53 Å². The molecule has 1 amide bonds. The highest BCUT2D eigenvalue weighted by atomic mass is 32.2. The summed E-state index contributed by atoms with van der Waals surface area (Å²) >= 11 is 1.69. The predicted octanol–water partition coefficient (Wildman–Crippen LogP) is 6.51. The van der Waals surface area contributed by atoms with Crippen molar-refractivity contribution in [1.29, 1.82) is 0 Å². The minimum atomic E-state index is -0.553. The lowest BCUT2D eigenvalue weighted by Crippen LogP contribution is -2.61. The summed E-state index contributed by atoms with van der Waals surface area (Å²) in [5, 5.41) is -0.160. The molecule has 1 aliphatic heterocycles. The van der Waals surface area contributed by atoms with E-state index in [0.717, 1.165) is 16.0 Å². The van der Waals surface area contributed by atoms with Crippen LogP contribution in [0.15, 0.2) is 126 Å². The van der Waals surface area contributed by atoms with Gasteiger partial charge in [-0.15, -0.1) is 0 Å². The van der Waals surface area contributed by atoms with Crippen molar-refractivity contribution in [3.63, 3.8) is 0 Å². The van der Waals surface area contributed by atoms with E-state index in [1.807, 2.05) is 89.8 Å². The Bertz CT molecular complexity index is 1150. The number of carbonyl (C=O) groups excluding carboxylic acids is 1. The quantitative estimate of drug-likeness (QED) is 0.244. The molecule has 0 aliphatic carbocycles. The first-order valence-electron chi connectivity index (χ1n) is 10.7. The highest BCUT2D eigenvalue weighted by molar-refractivity contribution is 7.99. The summed E-state index contributed by atoms with van der Waals surface area (Å²) in [4.78, 5) is 16.6. The van der Waals surface area contributed by atoms with Gasteiger partial charge in [-0.2, -0.15) is 0 Å². The molecule has 0 N–H and O–H groups in total. The number of thioether (sulfide) groups is 1. The number of nitrogens with zero attached hydrogens (tertiary/aromatic N) is 1. The third kappa shape index (κ3) is 4.14. The van der Waals surface area contributed by atoms with Crippen LogP contribution >= 0.6 is 11.8 Å². The second-order valence-electron chi connectivity index (χ2n) is 7.65. The van der Waals surface area contributed by atoms with E-state index in [1.54, 1.807) is 11.8 Å². The number of hydrogen-bond donors (Lipinski definition) is 0. The second-order valence-corrected chi connectivity index (χ2v) is 8.80. The molecule has 0 radical (unpaired) electrons. The number of rotatable bonds is 7. The topological polar surface area (TPSA) is 29.5 Å². The third-order valence-electron chi connectivity index (χ3n) is 5.56. The molecule has 1 saturated heterocycles. The fourth-order valence-corrected chi connectivity index (χ4v) is 5.24. The Kier molecular flexibility index (Phi) is 5.95. The minimum absolute atomic E-state index is 0.00000898. The van der Waals surface area contributed by atoms with Gasteiger partial charge in [-0.05, 0) is 35.4 Å². The van der Waals surface area contributed by atoms with Crippen LogP contribution < -0.4 is 4.74 Å². The molecule has 0 bridgehead atoms. The first-order valence-corrected chi connectivity index (χ1v) is 11.5. The molecule has 1 aliphatic rings. The van der Waals surface area contributed by atoms with E-state index in [0.29, 0.717) is 5.75 Å². The Balaban J connectivity index is 1.52. The second kappa shape index (κ2) is 9.33. The third-order valence-corrected chi connectivity index (χ3v) is 6.83. The minimum Gasteiger partial charge on any atom is -0.478 e. The number of benzene rings is 4. The Labute approximate surface area is 192 Å². The SMILES string of the molecule is O=C1[C@H](Oc2ccccc2)[C@H](c2ccccc2)N1[C@@H](Sc1ccccc1)c1ccccc1. The Morgan fingerprint density at radius 2 is 1.22 bits per heavy atom. The van der Waals surface area contributed by atoms with Gasteiger partial charge in [0, 0.05) is 4.90 Å². The fraction of sp³-hybridized carbons (Fsp3) is 0.107. The number of para-hydroxylation sites is 1. The van der Waals surface area contributed by atoms with E-state index in [2.05, 4.69) is 36.4 Å². The van der Waals surface area contributed by atoms with Crippen LogP contribution in [0.1, 0.15) is 22.5 Å². The average molecular weight is 438 g/mol. The molecule has 3 atom stereocenters. The molecule has 0 unspecified atom stereocenters. The molecule has 3 nitrogen and oxygen atoms in total. The van der Waals surface area contributed by atoms with Crippen molar-refractivity contribution in [2.75, 3.05) is 0 Å². The average Bonchev–Trinajstić information content (AvgIpc) is 2.87. The first kappa shape index (κ1) is 20.4. The van der Waals surface area contributed by atoms with Crippen LogP contribution in [0, 0.1) is 0 Å². The molecule has 4 aromatic rings. The zero-order valence-electron chi connectivity index (χ0n) is 17.5. The summed E-state index contributed by atoms with van der Waals surface area (Å²) in [6.45, 7) is 0. The maximum Gasteiger partial charge on any atom is 0.268 e. The summed E-state index contributed by atoms with van der Waals surface area (Å²) in [7, 11) is 0. The maximum atomic E-state index is 13.5. The van der Waals surface area contributed by atoms with Crippen molar-refractivity contribution in [2.45, 2.75) is 22.4 Å². The zero-order chi connectivity index (χ0) is 21.8. The van der Waals surface area contributed by atoms with E-state index in [9.17, 15) is 4.79 Å². The van der Waals surface area contributed by atoms with E-state index >= 15 is 0 Å². The van der Waals surface area contributed by atoms with E-state index in [-0.39, 0.29) is 17.3 Å². The summed E-state index contributed by atoms with van der Waals surface area (Å²) in [5.41, 5.74) is 2.16. The van der Waals surface area contributed by atoms with Crippen molar-refractivity contribution in [3.05, 3.63) is 132 Å². The molecular weight excluding hydrogens is 414 g/mol. The molecule has 5 rings (SSSR count). The highest BCUT2D eigenvalue weighted by Gasteiger charge is 2.53. The van der Waals surface area contributed by atoms with Crippen molar-refractivity contribution in [1.82, 2.24) is 4.90 Å². The fourth-order valence-electron chi connectivity index (χ4n) is 4.02. The van der Waals surface area contributed by atoms with Crippen LogP contribution in [0.25, 0.3) is 0 Å². The van der Waals surface area contributed by atoms with Gasteiger partial charge in [0.15, 0.2) is 0 Å². The van der Waals surface area contributed by atoms with Crippen LogP contribution in [-0.2, 0) is 4.79 Å². The summed E-state index contributed by atoms with van der Waals surface area (Å²) in [5.74, 6) is 0.707. The van der Waals surface area contributed by atoms with E-state index in [1.165, 1.54) is 0 Å². The first-order chi connectivity index (χ1) is 15.8. The largest absolute Gasteiger partial charge is 0.478 e. The number of hydrogen-bond acceptors (Lipinski definition) is 3. The normalized spacial score (nSPS) is 18.6. The molecule has 1 fully saturated rings. The monoisotopic (exact) mass is 437 g/mol. The van der Waals surface area contributed by atoms with Gasteiger partial charge in [-0.1, -0.05) is 109 Å². The number of ether oxygens (including phenoxy) is 1. The number of amides is 1. The Hall–Kier alpha value is -3.50. The molecule has 0 saturated carbocycles. The molecule has 0 spiro atoms. The lowest BCUT2D eigenvalue weighted by Gasteiger charge is -2.50. The summed E-state index contributed by atoms with van der Waals surface area (Å²) in [6.07, 6.45) is -0.553. The van der Waals surface area contributed by atoms with Gasteiger partial charge in [0.25, 0.3) is 5.91 Å². The molecule has 0 aromatic heterocycles. The lowest BCUT2D eigenvalue weighted by atomic mass is 9.89. The smallest absolute Gasteiger partial charge is 0.268 e. The molecule has 4 aromatic carbocycles. The standard InChI is InChI=1S/C28H23NO2S/c30-27-26(31-23-17-9-3-10-18-23)25(21-13-5-1-6-14-21)29(27)28(22-15-7-2-8-16-22)32-24-19-11-4-12-20-24/h1-20,25-26,28H/t25-,26+,28-/m0/s1. The van der Waals surface area contributed by atoms with Crippen molar-refractivity contribution >= 4 is 17.7 Å². The molecule has 1 heterocycles. The van der Waals surface area contributed by atoms with Crippen LogP contribution in [0.4, 0.5) is 0 Å². The summed E-state index contributed by atoms with van der Waals surface area (Å²) < 4.78 is 6.20. The number of carbonyl (C=O) groups is 1. The van der Waals surface area contributed by atoms with E-state index in [4.69, 9.17) is 4.74 Å². The number of likely N-dealkylation sites (tertiary alicyclic amines) is 1. The lowest BCUT2D eigenvalue weighted by molar-refractivity contribution is -0.165. The van der Waals surface area contributed by atoms with Gasteiger partial charge in [0.1, 0.15) is 17.2 Å². The zero-order valence-corrected chi connectivity index (χ0v) is 18.3. The maximum absolute atomic E-state index is 13.5. The molecular formula is C28H23NO2S. The Morgan fingerprint density at radius 1 is 0.688 bits per heavy atom. The van der Waals surface area contributed by atoms with Gasteiger partial charge < -0.3 is 9.64 Å². The molecule has 4 heteroatoms.